The number of hydrogen-bond acceptors (Lipinski definition) is 1. The highest BCUT2D eigenvalue weighted by molar-refractivity contribution is 5.83. The van der Waals surface area contributed by atoms with Crippen LogP contribution in [-0.4, -0.2) is 23.8 Å². The Labute approximate surface area is 87.2 Å². The lowest BCUT2D eigenvalue weighted by Gasteiger charge is -2.37. The number of amidine groups is 1. The summed E-state index contributed by atoms with van der Waals surface area (Å²) in [6.45, 7) is 2.35. The molecule has 14 heavy (non-hydrogen) atoms. The molecule has 0 aliphatic heterocycles. The maximum absolute atomic E-state index is 8.06. The monoisotopic (exact) mass is 194 g/mol. The second-order valence-corrected chi connectivity index (χ2v) is 5.10. The van der Waals surface area contributed by atoms with Gasteiger partial charge in [0.1, 0.15) is 0 Å². The Morgan fingerprint density at radius 1 is 1.14 bits per heavy atom. The lowest BCUT2D eigenvalue weighted by molar-refractivity contribution is 0.201. The van der Waals surface area contributed by atoms with Gasteiger partial charge in [0.25, 0.3) is 0 Å². The molecule has 2 saturated carbocycles. The molecule has 0 aromatic carbocycles. The van der Waals surface area contributed by atoms with E-state index < -0.39 is 0 Å². The zero-order valence-corrected chi connectivity index (χ0v) is 9.42. The molecular weight excluding hydrogens is 172 g/mol. The van der Waals surface area contributed by atoms with Gasteiger partial charge in [0.15, 0.2) is 0 Å². The maximum Gasteiger partial charge on any atom is 0.0989 e. The molecule has 0 spiro atoms. The molecule has 2 aliphatic carbocycles. The summed E-state index contributed by atoms with van der Waals surface area (Å²) in [4.78, 5) is 2.27. The van der Waals surface area contributed by atoms with E-state index in [9.17, 15) is 0 Å². The lowest BCUT2D eigenvalue weighted by atomic mass is 9.85. The van der Waals surface area contributed by atoms with Crippen molar-refractivity contribution in [3.8, 4) is 0 Å². The molecule has 0 saturated heterocycles. The van der Waals surface area contributed by atoms with E-state index in [2.05, 4.69) is 18.9 Å². The molecule has 0 aromatic heterocycles. The van der Waals surface area contributed by atoms with Gasteiger partial charge in [-0.15, -0.1) is 0 Å². The molecule has 2 unspecified atom stereocenters. The number of rotatable bonds is 2. The summed E-state index contributed by atoms with van der Waals surface area (Å²) >= 11 is 0. The van der Waals surface area contributed by atoms with E-state index in [1.54, 1.807) is 0 Å². The van der Waals surface area contributed by atoms with E-state index in [0.717, 1.165) is 11.8 Å². The van der Waals surface area contributed by atoms with Gasteiger partial charge in [-0.25, -0.2) is 0 Å². The van der Waals surface area contributed by atoms with Gasteiger partial charge in [0.2, 0.25) is 0 Å². The Morgan fingerprint density at radius 3 is 2.36 bits per heavy atom. The topological polar surface area (TPSA) is 27.1 Å². The molecule has 0 bridgehead atoms. The minimum Gasteiger partial charge on any atom is -0.360 e. The highest BCUT2D eigenvalue weighted by atomic mass is 15.2. The standard InChI is InChI=1S/C12H22N2/c1-9-5-3-4-6-11(9)14(2)12(13)10-7-8-10/h9-11,13H,3-8H2,1-2H3. The summed E-state index contributed by atoms with van der Waals surface area (Å²) < 4.78 is 0. The van der Waals surface area contributed by atoms with Crippen molar-refractivity contribution in [2.24, 2.45) is 11.8 Å². The summed E-state index contributed by atoms with van der Waals surface area (Å²) in [5.41, 5.74) is 0. The molecule has 0 aromatic rings. The third-order valence-electron chi connectivity index (χ3n) is 3.91. The van der Waals surface area contributed by atoms with Crippen molar-refractivity contribution in [2.45, 2.75) is 51.5 Å². The third kappa shape index (κ3) is 1.94. The van der Waals surface area contributed by atoms with Crippen LogP contribution in [0.4, 0.5) is 0 Å². The molecule has 2 aliphatic rings. The Kier molecular flexibility index (Phi) is 2.80. The highest BCUT2D eigenvalue weighted by Gasteiger charge is 2.33. The van der Waals surface area contributed by atoms with E-state index in [1.807, 2.05) is 0 Å². The predicted molar refractivity (Wildman–Crippen MR) is 59.6 cm³/mol. The summed E-state index contributed by atoms with van der Waals surface area (Å²) in [7, 11) is 2.13. The van der Waals surface area contributed by atoms with Gasteiger partial charge < -0.3 is 4.90 Å². The van der Waals surface area contributed by atoms with Crippen LogP contribution in [0.1, 0.15) is 45.4 Å². The highest BCUT2D eigenvalue weighted by Crippen LogP contribution is 2.34. The minimum absolute atomic E-state index is 0.606. The maximum atomic E-state index is 8.06. The molecule has 0 radical (unpaired) electrons. The van der Waals surface area contributed by atoms with Gasteiger partial charge in [-0.05, 0) is 31.6 Å². The Hall–Kier alpha value is -0.530. The van der Waals surface area contributed by atoms with Crippen LogP contribution in [0.2, 0.25) is 0 Å². The fraction of sp³-hybridized carbons (Fsp3) is 0.917. The molecule has 2 atom stereocenters. The second-order valence-electron chi connectivity index (χ2n) is 5.10. The fourth-order valence-electron chi connectivity index (χ4n) is 2.70. The first-order valence-electron chi connectivity index (χ1n) is 6.01. The Balaban J connectivity index is 1.94. The van der Waals surface area contributed by atoms with E-state index in [1.165, 1.54) is 38.5 Å². The first-order valence-corrected chi connectivity index (χ1v) is 6.01. The molecule has 80 valence electrons. The molecule has 2 fully saturated rings. The lowest BCUT2D eigenvalue weighted by Crippen LogP contribution is -2.43. The predicted octanol–water partition coefficient (Wildman–Crippen LogP) is 2.88. The van der Waals surface area contributed by atoms with Gasteiger partial charge >= 0.3 is 0 Å². The van der Waals surface area contributed by atoms with Gasteiger partial charge in [-0.1, -0.05) is 19.8 Å². The van der Waals surface area contributed by atoms with Gasteiger partial charge in [0, 0.05) is 19.0 Å². The minimum atomic E-state index is 0.606. The zero-order valence-electron chi connectivity index (χ0n) is 9.42. The summed E-state index contributed by atoms with van der Waals surface area (Å²) in [6, 6.07) is 0.650. The van der Waals surface area contributed by atoms with E-state index in [-0.39, 0.29) is 0 Å². The number of hydrogen-bond donors (Lipinski definition) is 1. The van der Waals surface area contributed by atoms with Crippen molar-refractivity contribution in [3.05, 3.63) is 0 Å². The largest absolute Gasteiger partial charge is 0.360 e. The normalized spacial score (nSPS) is 32.7. The third-order valence-corrected chi connectivity index (χ3v) is 3.91. The van der Waals surface area contributed by atoms with Crippen LogP contribution in [-0.2, 0) is 0 Å². The van der Waals surface area contributed by atoms with Crippen LogP contribution < -0.4 is 0 Å². The van der Waals surface area contributed by atoms with Crippen LogP contribution in [0, 0.1) is 17.2 Å². The SMILES string of the molecule is CC1CCCCC1N(C)C(=N)C1CC1. The quantitative estimate of drug-likeness (QED) is 0.531. The van der Waals surface area contributed by atoms with Crippen LogP contribution in [0.25, 0.3) is 0 Å². The van der Waals surface area contributed by atoms with Gasteiger partial charge in [-0.2, -0.15) is 0 Å². The van der Waals surface area contributed by atoms with Crippen LogP contribution in [0.5, 0.6) is 0 Å². The van der Waals surface area contributed by atoms with Crippen molar-refractivity contribution in [1.82, 2.24) is 4.90 Å². The van der Waals surface area contributed by atoms with Gasteiger partial charge in [-0.3, -0.25) is 5.41 Å². The molecule has 2 rings (SSSR count). The van der Waals surface area contributed by atoms with E-state index in [4.69, 9.17) is 5.41 Å². The number of nitrogens with one attached hydrogen (secondary N) is 1. The van der Waals surface area contributed by atoms with Crippen LogP contribution in [0.3, 0.4) is 0 Å². The zero-order chi connectivity index (χ0) is 10.1. The van der Waals surface area contributed by atoms with Crippen molar-refractivity contribution in [1.29, 1.82) is 5.41 Å². The van der Waals surface area contributed by atoms with Gasteiger partial charge in [0.05, 0.1) is 5.84 Å². The summed E-state index contributed by atoms with van der Waals surface area (Å²) in [5.74, 6) is 2.30. The number of nitrogens with zero attached hydrogens (tertiary/aromatic N) is 1. The van der Waals surface area contributed by atoms with Crippen molar-refractivity contribution in [2.75, 3.05) is 7.05 Å². The molecule has 0 amide bonds. The Bertz CT molecular complexity index is 220. The first-order chi connectivity index (χ1) is 6.70. The van der Waals surface area contributed by atoms with Crippen LogP contribution >= 0.6 is 0 Å². The summed E-state index contributed by atoms with van der Waals surface area (Å²) in [5, 5.41) is 8.06. The molecule has 2 heteroatoms. The summed E-state index contributed by atoms with van der Waals surface area (Å²) in [6.07, 6.45) is 7.91. The van der Waals surface area contributed by atoms with E-state index >= 15 is 0 Å². The Morgan fingerprint density at radius 2 is 1.79 bits per heavy atom. The second kappa shape index (κ2) is 3.92. The molecule has 1 N–H and O–H groups in total. The first kappa shape index (κ1) is 10.0. The van der Waals surface area contributed by atoms with E-state index in [0.29, 0.717) is 12.0 Å². The van der Waals surface area contributed by atoms with Crippen molar-refractivity contribution < 1.29 is 0 Å². The molecule has 0 heterocycles. The molecular formula is C12H22N2. The van der Waals surface area contributed by atoms with Crippen molar-refractivity contribution in [3.63, 3.8) is 0 Å². The smallest absolute Gasteiger partial charge is 0.0989 e. The average Bonchev–Trinajstić information content (AvgIpc) is 3.00. The van der Waals surface area contributed by atoms with Crippen molar-refractivity contribution >= 4 is 5.84 Å². The average molecular weight is 194 g/mol. The molecule has 2 nitrogen and oxygen atoms in total. The fourth-order valence-corrected chi connectivity index (χ4v) is 2.70. The van der Waals surface area contributed by atoms with Crippen LogP contribution in [0.15, 0.2) is 0 Å².